The SMILES string of the molecule is COCCN1CCN(CC2CCNCC2)CC1C.Cl. The lowest BCUT2D eigenvalue weighted by atomic mass is 9.97. The van der Waals surface area contributed by atoms with Crippen molar-refractivity contribution in [2.75, 3.05) is 59.5 Å². The number of halogens is 1. The maximum absolute atomic E-state index is 5.18. The molecule has 114 valence electrons. The summed E-state index contributed by atoms with van der Waals surface area (Å²) in [6.07, 6.45) is 2.72. The van der Waals surface area contributed by atoms with Gasteiger partial charge >= 0.3 is 0 Å². The summed E-state index contributed by atoms with van der Waals surface area (Å²) in [5.74, 6) is 0.920. The number of methoxy groups -OCH3 is 1. The Bertz CT molecular complexity index is 237. The molecule has 5 heteroatoms. The fourth-order valence-electron chi connectivity index (χ4n) is 3.21. The van der Waals surface area contributed by atoms with Crippen molar-refractivity contribution < 1.29 is 4.74 Å². The van der Waals surface area contributed by atoms with E-state index in [1.165, 1.54) is 52.1 Å². The van der Waals surface area contributed by atoms with Crippen LogP contribution in [0.2, 0.25) is 0 Å². The number of piperazine rings is 1. The van der Waals surface area contributed by atoms with Crippen LogP contribution in [-0.4, -0.2) is 75.4 Å². The second-order valence-electron chi connectivity index (χ2n) is 5.83. The van der Waals surface area contributed by atoms with Gasteiger partial charge in [0.1, 0.15) is 0 Å². The van der Waals surface area contributed by atoms with Crippen molar-refractivity contribution in [1.29, 1.82) is 0 Å². The normalized spacial score (nSPS) is 27.2. The first-order chi connectivity index (χ1) is 8.79. The first kappa shape index (κ1) is 17.2. The summed E-state index contributed by atoms with van der Waals surface area (Å²) in [5.41, 5.74) is 0. The van der Waals surface area contributed by atoms with E-state index in [0.29, 0.717) is 6.04 Å². The van der Waals surface area contributed by atoms with Crippen LogP contribution in [0.3, 0.4) is 0 Å². The molecule has 4 nitrogen and oxygen atoms in total. The van der Waals surface area contributed by atoms with Gasteiger partial charge in [-0.2, -0.15) is 0 Å². The number of piperidine rings is 1. The molecule has 0 saturated carbocycles. The highest BCUT2D eigenvalue weighted by Crippen LogP contribution is 2.16. The molecule has 2 saturated heterocycles. The van der Waals surface area contributed by atoms with Gasteiger partial charge in [0.25, 0.3) is 0 Å². The first-order valence-electron chi connectivity index (χ1n) is 7.45. The fraction of sp³-hybridized carbons (Fsp3) is 1.00. The summed E-state index contributed by atoms with van der Waals surface area (Å²) in [6, 6.07) is 0.676. The number of hydrogen-bond donors (Lipinski definition) is 1. The Morgan fingerprint density at radius 3 is 2.58 bits per heavy atom. The predicted molar refractivity (Wildman–Crippen MR) is 82.2 cm³/mol. The maximum atomic E-state index is 5.18. The van der Waals surface area contributed by atoms with E-state index in [-0.39, 0.29) is 12.4 Å². The predicted octanol–water partition coefficient (Wildman–Crippen LogP) is 1.06. The van der Waals surface area contributed by atoms with Crippen LogP contribution >= 0.6 is 12.4 Å². The van der Waals surface area contributed by atoms with Gasteiger partial charge in [0.2, 0.25) is 0 Å². The molecule has 0 radical (unpaired) electrons. The summed E-state index contributed by atoms with van der Waals surface area (Å²) in [7, 11) is 1.79. The molecule has 0 spiro atoms. The lowest BCUT2D eigenvalue weighted by molar-refractivity contribution is 0.0495. The van der Waals surface area contributed by atoms with Gasteiger partial charge in [-0.25, -0.2) is 0 Å². The molecule has 1 N–H and O–H groups in total. The summed E-state index contributed by atoms with van der Waals surface area (Å²) in [6.45, 7) is 11.7. The van der Waals surface area contributed by atoms with E-state index in [9.17, 15) is 0 Å². The molecule has 2 heterocycles. The average Bonchev–Trinajstić information content (AvgIpc) is 2.39. The summed E-state index contributed by atoms with van der Waals surface area (Å²) >= 11 is 0. The van der Waals surface area contributed by atoms with E-state index in [1.807, 2.05) is 0 Å². The Balaban J connectivity index is 0.00000180. The lowest BCUT2D eigenvalue weighted by Gasteiger charge is -2.41. The van der Waals surface area contributed by atoms with Gasteiger partial charge in [-0.3, -0.25) is 4.90 Å². The van der Waals surface area contributed by atoms with E-state index in [1.54, 1.807) is 7.11 Å². The van der Waals surface area contributed by atoms with E-state index >= 15 is 0 Å². The molecule has 0 aliphatic carbocycles. The minimum atomic E-state index is 0. The van der Waals surface area contributed by atoms with Gasteiger partial charge < -0.3 is 15.0 Å². The molecular weight excluding hydrogens is 262 g/mol. The minimum Gasteiger partial charge on any atom is -0.383 e. The first-order valence-corrected chi connectivity index (χ1v) is 7.45. The molecule has 2 rings (SSSR count). The Hall–Kier alpha value is 0.130. The largest absolute Gasteiger partial charge is 0.383 e. The van der Waals surface area contributed by atoms with Crippen molar-refractivity contribution in [1.82, 2.24) is 15.1 Å². The second kappa shape index (κ2) is 9.14. The van der Waals surface area contributed by atoms with Crippen molar-refractivity contribution in [3.05, 3.63) is 0 Å². The molecule has 0 aromatic heterocycles. The number of rotatable bonds is 5. The van der Waals surface area contributed by atoms with Gasteiger partial charge in [-0.15, -0.1) is 12.4 Å². The van der Waals surface area contributed by atoms with Gasteiger partial charge in [-0.05, 0) is 38.8 Å². The highest BCUT2D eigenvalue weighted by molar-refractivity contribution is 5.85. The molecule has 1 atom stereocenters. The van der Waals surface area contributed by atoms with Gasteiger partial charge in [0, 0.05) is 45.9 Å². The number of nitrogens with one attached hydrogen (secondary N) is 1. The quantitative estimate of drug-likeness (QED) is 0.820. The van der Waals surface area contributed by atoms with E-state index < -0.39 is 0 Å². The number of ether oxygens (including phenoxy) is 1. The van der Waals surface area contributed by atoms with Crippen molar-refractivity contribution in [3.63, 3.8) is 0 Å². The third-order valence-corrected chi connectivity index (χ3v) is 4.41. The zero-order valence-corrected chi connectivity index (χ0v) is 13.3. The molecule has 0 aromatic rings. The van der Waals surface area contributed by atoms with E-state index in [4.69, 9.17) is 4.74 Å². The van der Waals surface area contributed by atoms with Crippen molar-refractivity contribution in [2.24, 2.45) is 5.92 Å². The molecule has 2 fully saturated rings. The third kappa shape index (κ3) is 5.56. The second-order valence-corrected chi connectivity index (χ2v) is 5.83. The smallest absolute Gasteiger partial charge is 0.0589 e. The third-order valence-electron chi connectivity index (χ3n) is 4.41. The van der Waals surface area contributed by atoms with Crippen LogP contribution in [0.1, 0.15) is 19.8 Å². The maximum Gasteiger partial charge on any atom is 0.0589 e. The van der Waals surface area contributed by atoms with Gasteiger partial charge in [0.05, 0.1) is 6.61 Å². The van der Waals surface area contributed by atoms with Crippen LogP contribution in [0.4, 0.5) is 0 Å². The summed E-state index contributed by atoms with van der Waals surface area (Å²) < 4.78 is 5.18. The Kier molecular flexibility index (Phi) is 8.26. The molecule has 1 unspecified atom stereocenters. The standard InChI is InChI=1S/C14H29N3O.ClH/c1-13-11-16(7-8-17(13)9-10-18-2)12-14-3-5-15-6-4-14;/h13-15H,3-12H2,1-2H3;1H. The Labute approximate surface area is 124 Å². The molecule has 0 amide bonds. The van der Waals surface area contributed by atoms with Crippen molar-refractivity contribution >= 4 is 12.4 Å². The van der Waals surface area contributed by atoms with Crippen LogP contribution in [0.25, 0.3) is 0 Å². The Morgan fingerprint density at radius 1 is 1.21 bits per heavy atom. The highest BCUT2D eigenvalue weighted by Gasteiger charge is 2.25. The van der Waals surface area contributed by atoms with Gasteiger partial charge in [0.15, 0.2) is 0 Å². The zero-order chi connectivity index (χ0) is 12.8. The van der Waals surface area contributed by atoms with Crippen LogP contribution in [-0.2, 0) is 4.74 Å². The van der Waals surface area contributed by atoms with Crippen LogP contribution < -0.4 is 5.32 Å². The highest BCUT2D eigenvalue weighted by atomic mass is 35.5. The molecule has 19 heavy (non-hydrogen) atoms. The molecule has 2 aliphatic heterocycles. The fourth-order valence-corrected chi connectivity index (χ4v) is 3.21. The monoisotopic (exact) mass is 291 g/mol. The number of nitrogens with zero attached hydrogens (tertiary/aromatic N) is 2. The van der Waals surface area contributed by atoms with Crippen LogP contribution in [0.15, 0.2) is 0 Å². The number of hydrogen-bond acceptors (Lipinski definition) is 4. The molecule has 0 bridgehead atoms. The minimum absolute atomic E-state index is 0. The van der Waals surface area contributed by atoms with E-state index in [2.05, 4.69) is 22.0 Å². The lowest BCUT2D eigenvalue weighted by Crippen LogP contribution is -2.53. The van der Waals surface area contributed by atoms with Crippen molar-refractivity contribution in [2.45, 2.75) is 25.8 Å². The van der Waals surface area contributed by atoms with Crippen molar-refractivity contribution in [3.8, 4) is 0 Å². The topological polar surface area (TPSA) is 27.7 Å². The van der Waals surface area contributed by atoms with E-state index in [0.717, 1.165) is 19.1 Å². The molecule has 0 aromatic carbocycles. The van der Waals surface area contributed by atoms with Crippen LogP contribution in [0.5, 0.6) is 0 Å². The summed E-state index contributed by atoms with van der Waals surface area (Å²) in [4.78, 5) is 5.23. The summed E-state index contributed by atoms with van der Waals surface area (Å²) in [5, 5.41) is 3.45. The van der Waals surface area contributed by atoms with Gasteiger partial charge in [-0.1, -0.05) is 0 Å². The zero-order valence-electron chi connectivity index (χ0n) is 12.4. The molecular formula is C14H30ClN3O. The van der Waals surface area contributed by atoms with Crippen LogP contribution in [0, 0.1) is 5.92 Å². The average molecular weight is 292 g/mol. The Morgan fingerprint density at radius 2 is 1.95 bits per heavy atom. The molecule has 2 aliphatic rings.